The molecule has 0 bridgehead atoms. The first-order chi connectivity index (χ1) is 10.4. The summed E-state index contributed by atoms with van der Waals surface area (Å²) in [6.45, 7) is 4.06. The number of piperidine rings is 1. The van der Waals surface area contributed by atoms with Gasteiger partial charge >= 0.3 is 0 Å². The van der Waals surface area contributed by atoms with E-state index in [4.69, 9.17) is 4.74 Å². The highest BCUT2D eigenvalue weighted by Crippen LogP contribution is 2.45. The Balaban J connectivity index is 1.50. The normalized spacial score (nSPS) is 41.0. The van der Waals surface area contributed by atoms with Crippen molar-refractivity contribution in [3.05, 3.63) is 11.6 Å². The van der Waals surface area contributed by atoms with Crippen LogP contribution in [0.1, 0.15) is 64.2 Å². The molecule has 0 radical (unpaired) electrons. The van der Waals surface area contributed by atoms with Gasteiger partial charge in [0.15, 0.2) is 0 Å². The minimum absolute atomic E-state index is 0.531. The third kappa shape index (κ3) is 2.94. The van der Waals surface area contributed by atoms with Crippen LogP contribution in [0.15, 0.2) is 11.6 Å². The van der Waals surface area contributed by atoms with Gasteiger partial charge in [-0.25, -0.2) is 0 Å². The number of hydrogen-bond acceptors (Lipinski definition) is 1. The second-order valence-corrected chi connectivity index (χ2v) is 7.86. The second kappa shape index (κ2) is 6.42. The number of allylic oxidation sites excluding steroid dienone is 1. The van der Waals surface area contributed by atoms with Crippen molar-refractivity contribution in [3.8, 4) is 0 Å². The second-order valence-electron chi connectivity index (χ2n) is 7.86. The van der Waals surface area contributed by atoms with Crippen molar-refractivity contribution in [2.24, 2.45) is 11.8 Å². The van der Waals surface area contributed by atoms with Crippen LogP contribution in [0.25, 0.3) is 0 Å². The van der Waals surface area contributed by atoms with Crippen LogP contribution in [-0.4, -0.2) is 31.8 Å². The third-order valence-electron chi connectivity index (χ3n) is 6.51. The van der Waals surface area contributed by atoms with Crippen molar-refractivity contribution >= 4 is 0 Å². The largest absolute Gasteiger partial charge is 0.368 e. The van der Waals surface area contributed by atoms with E-state index in [1.54, 1.807) is 0 Å². The van der Waals surface area contributed by atoms with E-state index in [0.29, 0.717) is 12.2 Å². The van der Waals surface area contributed by atoms with E-state index in [9.17, 15) is 0 Å². The fourth-order valence-electron chi connectivity index (χ4n) is 5.44. The molecule has 4 rings (SSSR count). The quantitative estimate of drug-likeness (QED) is 0.772. The SMILES string of the molecule is C1=C2[C@@H](CCC1)[C@@H](C[NH+]1CCCCC1)O[C@H]1CCCC[C@@H]21. The molecule has 2 nitrogen and oxygen atoms in total. The van der Waals surface area contributed by atoms with Crippen LogP contribution < -0.4 is 4.90 Å². The molecule has 0 aromatic carbocycles. The van der Waals surface area contributed by atoms with E-state index in [1.807, 2.05) is 10.5 Å². The number of ether oxygens (including phenoxy) is 1. The maximum Gasteiger partial charge on any atom is 0.113 e. The summed E-state index contributed by atoms with van der Waals surface area (Å²) in [6.07, 6.45) is 17.7. The molecular formula is C19H32NO+. The molecule has 0 unspecified atom stereocenters. The van der Waals surface area contributed by atoms with Gasteiger partial charge in [0.25, 0.3) is 0 Å². The van der Waals surface area contributed by atoms with Gasteiger partial charge in [-0.1, -0.05) is 24.5 Å². The van der Waals surface area contributed by atoms with E-state index >= 15 is 0 Å². The Morgan fingerprint density at radius 2 is 1.71 bits per heavy atom. The fourth-order valence-corrected chi connectivity index (χ4v) is 5.44. The predicted molar refractivity (Wildman–Crippen MR) is 85.5 cm³/mol. The van der Waals surface area contributed by atoms with E-state index in [2.05, 4.69) is 6.08 Å². The van der Waals surface area contributed by atoms with Gasteiger partial charge in [-0.2, -0.15) is 0 Å². The molecule has 2 heteroatoms. The first-order valence-corrected chi connectivity index (χ1v) is 9.61. The molecular weight excluding hydrogens is 258 g/mol. The molecule has 1 N–H and O–H groups in total. The minimum atomic E-state index is 0.531. The van der Waals surface area contributed by atoms with E-state index in [-0.39, 0.29) is 0 Å². The van der Waals surface area contributed by atoms with Crippen molar-refractivity contribution in [1.29, 1.82) is 0 Å². The minimum Gasteiger partial charge on any atom is -0.368 e. The lowest BCUT2D eigenvalue weighted by Gasteiger charge is -2.47. The van der Waals surface area contributed by atoms with Gasteiger partial charge in [0, 0.05) is 11.8 Å². The maximum absolute atomic E-state index is 6.70. The average molecular weight is 290 g/mol. The summed E-state index contributed by atoms with van der Waals surface area (Å²) in [5, 5.41) is 0. The van der Waals surface area contributed by atoms with Crippen molar-refractivity contribution in [2.45, 2.75) is 76.4 Å². The first-order valence-electron chi connectivity index (χ1n) is 9.61. The lowest BCUT2D eigenvalue weighted by Crippen LogP contribution is -3.14. The lowest BCUT2D eigenvalue weighted by atomic mass is 9.69. The van der Waals surface area contributed by atoms with Gasteiger partial charge in [-0.05, 0) is 51.4 Å². The molecule has 2 aliphatic carbocycles. The average Bonchev–Trinajstić information content (AvgIpc) is 2.56. The summed E-state index contributed by atoms with van der Waals surface area (Å²) in [6, 6.07) is 0. The Kier molecular flexibility index (Phi) is 4.36. The number of nitrogens with one attached hydrogen (secondary N) is 1. The molecule has 118 valence electrons. The maximum atomic E-state index is 6.70. The van der Waals surface area contributed by atoms with Crippen LogP contribution in [0.2, 0.25) is 0 Å². The van der Waals surface area contributed by atoms with Crippen LogP contribution in [0.5, 0.6) is 0 Å². The number of rotatable bonds is 2. The molecule has 0 aromatic heterocycles. The molecule has 0 aromatic rings. The fraction of sp³-hybridized carbons (Fsp3) is 0.895. The summed E-state index contributed by atoms with van der Waals surface area (Å²) in [5.41, 5.74) is 1.83. The summed E-state index contributed by atoms with van der Waals surface area (Å²) in [7, 11) is 0. The number of fused-ring (bicyclic) bond motifs is 3. The monoisotopic (exact) mass is 290 g/mol. The molecule has 0 amide bonds. The molecule has 1 saturated carbocycles. The first kappa shape index (κ1) is 14.3. The molecule has 2 aliphatic heterocycles. The third-order valence-corrected chi connectivity index (χ3v) is 6.51. The summed E-state index contributed by atoms with van der Waals surface area (Å²) < 4.78 is 6.70. The highest BCUT2D eigenvalue weighted by molar-refractivity contribution is 5.20. The van der Waals surface area contributed by atoms with Crippen LogP contribution >= 0.6 is 0 Å². The lowest BCUT2D eigenvalue weighted by molar-refractivity contribution is -0.908. The predicted octanol–water partition coefficient (Wildman–Crippen LogP) is 2.74. The topological polar surface area (TPSA) is 13.7 Å². The van der Waals surface area contributed by atoms with Gasteiger partial charge < -0.3 is 9.64 Å². The van der Waals surface area contributed by atoms with E-state index in [0.717, 1.165) is 11.8 Å². The van der Waals surface area contributed by atoms with Crippen LogP contribution in [0.4, 0.5) is 0 Å². The zero-order chi connectivity index (χ0) is 14.1. The van der Waals surface area contributed by atoms with Gasteiger partial charge in [-0.15, -0.1) is 0 Å². The summed E-state index contributed by atoms with van der Waals surface area (Å²) >= 11 is 0. The van der Waals surface area contributed by atoms with Crippen molar-refractivity contribution in [2.75, 3.05) is 19.6 Å². The molecule has 2 heterocycles. The Hall–Kier alpha value is -0.340. The molecule has 4 aliphatic rings. The highest BCUT2D eigenvalue weighted by atomic mass is 16.5. The standard InChI is InChI=1S/C19H31NO/c1-6-12-20(13-7-1)14-19-17-10-3-2-8-15(17)16-9-4-5-11-18(16)21-19/h8,16-19H,1-7,9-14H2/p+1/t16-,17+,18-,19+/m0/s1. The Morgan fingerprint density at radius 3 is 2.62 bits per heavy atom. The zero-order valence-corrected chi connectivity index (χ0v) is 13.5. The highest BCUT2D eigenvalue weighted by Gasteiger charge is 2.44. The van der Waals surface area contributed by atoms with Crippen LogP contribution in [0, 0.1) is 11.8 Å². The number of quaternary nitrogens is 1. The van der Waals surface area contributed by atoms with Gasteiger partial charge in [0.1, 0.15) is 12.6 Å². The zero-order valence-electron chi connectivity index (χ0n) is 13.5. The van der Waals surface area contributed by atoms with Crippen molar-refractivity contribution in [1.82, 2.24) is 0 Å². The van der Waals surface area contributed by atoms with E-state index < -0.39 is 0 Å². The molecule has 3 fully saturated rings. The number of likely N-dealkylation sites (tertiary alicyclic amines) is 1. The van der Waals surface area contributed by atoms with Gasteiger partial charge in [0.05, 0.1) is 19.2 Å². The number of hydrogen-bond donors (Lipinski definition) is 1. The Morgan fingerprint density at radius 1 is 0.905 bits per heavy atom. The molecule has 4 atom stereocenters. The van der Waals surface area contributed by atoms with Crippen molar-refractivity contribution < 1.29 is 9.64 Å². The Labute approximate surface area is 129 Å². The smallest absolute Gasteiger partial charge is 0.113 e. The summed E-state index contributed by atoms with van der Waals surface area (Å²) in [4.78, 5) is 1.82. The Bertz CT molecular complexity index is 383. The van der Waals surface area contributed by atoms with Crippen molar-refractivity contribution in [3.63, 3.8) is 0 Å². The van der Waals surface area contributed by atoms with Gasteiger partial charge in [-0.3, -0.25) is 0 Å². The van der Waals surface area contributed by atoms with E-state index in [1.165, 1.54) is 83.8 Å². The molecule has 21 heavy (non-hydrogen) atoms. The van der Waals surface area contributed by atoms with Crippen LogP contribution in [0.3, 0.4) is 0 Å². The van der Waals surface area contributed by atoms with Crippen LogP contribution in [-0.2, 0) is 4.74 Å². The summed E-state index contributed by atoms with van der Waals surface area (Å²) in [5.74, 6) is 1.56. The molecule has 2 saturated heterocycles. The van der Waals surface area contributed by atoms with Gasteiger partial charge in [0.2, 0.25) is 0 Å². The molecule has 0 spiro atoms.